The maximum atomic E-state index is 6.57. The fourth-order valence-corrected chi connectivity index (χ4v) is 4.52. The zero-order valence-electron chi connectivity index (χ0n) is 18.3. The summed E-state index contributed by atoms with van der Waals surface area (Å²) in [6.45, 7) is 13.2. The largest absolute Gasteiger partial charge is 0.435 e. The summed E-state index contributed by atoms with van der Waals surface area (Å²) >= 11 is 0. The molecular weight excluding hydrogens is 375 g/mol. The molecule has 0 atom stereocenters. The van der Waals surface area contributed by atoms with Gasteiger partial charge in [-0.05, 0) is 46.2 Å². The molecule has 3 aromatic rings. The fourth-order valence-electron chi connectivity index (χ4n) is 3.18. The lowest BCUT2D eigenvalue weighted by Gasteiger charge is -2.28. The van der Waals surface area contributed by atoms with Crippen LogP contribution in [0.15, 0.2) is 78.9 Å². The van der Waals surface area contributed by atoms with E-state index in [0.717, 1.165) is 16.8 Å². The van der Waals surface area contributed by atoms with Crippen molar-refractivity contribution in [3.63, 3.8) is 0 Å². The van der Waals surface area contributed by atoms with E-state index in [1.54, 1.807) is 0 Å². The van der Waals surface area contributed by atoms with Crippen LogP contribution < -0.4 is 14.4 Å². The molecule has 2 nitrogen and oxygen atoms in total. The molecule has 0 spiro atoms. The van der Waals surface area contributed by atoms with E-state index in [9.17, 15) is 0 Å². The second-order valence-corrected chi connectivity index (χ2v) is 10.7. The summed E-state index contributed by atoms with van der Waals surface area (Å²) < 4.78 is 13.1. The SMILES string of the molecule is CC(C)(C)c1ccccc1OP(Oc1ccccc1C(C)(C)C)c1ccccc1. The average molecular weight is 407 g/mol. The first kappa shape index (κ1) is 21.4. The van der Waals surface area contributed by atoms with Gasteiger partial charge >= 0.3 is 8.38 Å². The molecule has 0 aliphatic rings. The Hall–Kier alpha value is -2.31. The van der Waals surface area contributed by atoms with Gasteiger partial charge in [-0.1, -0.05) is 96.1 Å². The van der Waals surface area contributed by atoms with E-state index in [1.807, 2.05) is 42.5 Å². The van der Waals surface area contributed by atoms with Gasteiger partial charge in [-0.15, -0.1) is 0 Å². The number of hydrogen-bond donors (Lipinski definition) is 0. The van der Waals surface area contributed by atoms with Crippen molar-refractivity contribution in [1.82, 2.24) is 0 Å². The molecule has 0 bridgehead atoms. The highest BCUT2D eigenvalue weighted by atomic mass is 31.2. The monoisotopic (exact) mass is 406 g/mol. The van der Waals surface area contributed by atoms with Gasteiger partial charge in [-0.25, -0.2) is 0 Å². The van der Waals surface area contributed by atoms with Crippen LogP contribution in [0.25, 0.3) is 0 Å². The Morgan fingerprint density at radius 3 is 1.31 bits per heavy atom. The topological polar surface area (TPSA) is 18.5 Å². The molecule has 0 aromatic heterocycles. The van der Waals surface area contributed by atoms with Crippen LogP contribution in [-0.2, 0) is 10.8 Å². The van der Waals surface area contributed by atoms with Gasteiger partial charge in [0.2, 0.25) is 0 Å². The summed E-state index contributed by atoms with van der Waals surface area (Å²) in [5.41, 5.74) is 2.32. The van der Waals surface area contributed by atoms with E-state index >= 15 is 0 Å². The molecule has 0 aliphatic carbocycles. The summed E-state index contributed by atoms with van der Waals surface area (Å²) in [7, 11) is -1.34. The van der Waals surface area contributed by atoms with Crippen LogP contribution in [0.2, 0.25) is 0 Å². The molecule has 0 amide bonds. The lowest BCUT2D eigenvalue weighted by atomic mass is 9.86. The molecule has 3 aromatic carbocycles. The number of hydrogen-bond acceptors (Lipinski definition) is 2. The summed E-state index contributed by atoms with van der Waals surface area (Å²) in [5.74, 6) is 1.76. The molecular formula is C26H31O2P. The average Bonchev–Trinajstić information content (AvgIpc) is 2.67. The fraction of sp³-hybridized carbons (Fsp3) is 0.308. The zero-order valence-corrected chi connectivity index (χ0v) is 19.2. The zero-order chi connectivity index (χ0) is 21.1. The summed E-state index contributed by atoms with van der Waals surface area (Å²) in [4.78, 5) is 0. The Labute approximate surface area is 176 Å². The van der Waals surface area contributed by atoms with E-state index in [2.05, 4.69) is 77.9 Å². The van der Waals surface area contributed by atoms with Crippen LogP contribution in [0.3, 0.4) is 0 Å². The standard InChI is InChI=1S/C26H31O2P/c1-25(2,3)21-16-10-12-18-23(21)27-29(20-14-8-7-9-15-20)28-24-19-13-11-17-22(24)26(4,5)6/h7-19H,1-6H3. The maximum Gasteiger partial charge on any atom is 0.326 e. The normalized spacial score (nSPS) is 12.1. The van der Waals surface area contributed by atoms with E-state index < -0.39 is 8.38 Å². The highest BCUT2D eigenvalue weighted by molar-refractivity contribution is 7.56. The third-order valence-corrected chi connectivity index (χ3v) is 6.16. The molecule has 0 heterocycles. The van der Waals surface area contributed by atoms with Crippen LogP contribution in [0, 0.1) is 0 Å². The molecule has 0 saturated heterocycles. The highest BCUT2D eigenvalue weighted by Crippen LogP contribution is 2.45. The van der Waals surface area contributed by atoms with Gasteiger partial charge in [0.15, 0.2) is 0 Å². The maximum absolute atomic E-state index is 6.57. The molecule has 152 valence electrons. The highest BCUT2D eigenvalue weighted by Gasteiger charge is 2.26. The lowest BCUT2D eigenvalue weighted by molar-refractivity contribution is 0.469. The van der Waals surface area contributed by atoms with Gasteiger partial charge in [0.1, 0.15) is 11.5 Å². The minimum Gasteiger partial charge on any atom is -0.435 e. The lowest BCUT2D eigenvalue weighted by Crippen LogP contribution is -2.17. The van der Waals surface area contributed by atoms with Crippen LogP contribution in [0.4, 0.5) is 0 Å². The molecule has 0 unspecified atom stereocenters. The van der Waals surface area contributed by atoms with Crippen molar-refractivity contribution in [1.29, 1.82) is 0 Å². The Morgan fingerprint density at radius 1 is 0.517 bits per heavy atom. The number of rotatable bonds is 5. The van der Waals surface area contributed by atoms with Crippen LogP contribution in [-0.4, -0.2) is 0 Å². The van der Waals surface area contributed by atoms with E-state index in [-0.39, 0.29) is 10.8 Å². The third kappa shape index (κ3) is 5.40. The summed E-state index contributed by atoms with van der Waals surface area (Å²) in [5, 5.41) is 1.05. The van der Waals surface area contributed by atoms with Crippen molar-refractivity contribution in [2.24, 2.45) is 0 Å². The summed E-state index contributed by atoms with van der Waals surface area (Å²) in [6.07, 6.45) is 0. The molecule has 0 saturated carbocycles. The van der Waals surface area contributed by atoms with Crippen molar-refractivity contribution < 1.29 is 9.05 Å². The molecule has 0 N–H and O–H groups in total. The second kappa shape index (κ2) is 8.59. The molecule has 29 heavy (non-hydrogen) atoms. The Balaban J connectivity index is 2.01. The predicted octanol–water partition coefficient (Wildman–Crippen LogP) is 7.38. The second-order valence-electron chi connectivity index (χ2n) is 9.27. The Morgan fingerprint density at radius 2 is 0.897 bits per heavy atom. The minimum absolute atomic E-state index is 0.0163. The van der Waals surface area contributed by atoms with Crippen LogP contribution in [0.5, 0.6) is 11.5 Å². The first-order chi connectivity index (χ1) is 13.7. The van der Waals surface area contributed by atoms with Crippen LogP contribution in [0.1, 0.15) is 52.7 Å². The smallest absolute Gasteiger partial charge is 0.326 e. The van der Waals surface area contributed by atoms with Crippen molar-refractivity contribution in [2.75, 3.05) is 0 Å². The van der Waals surface area contributed by atoms with Gasteiger partial charge in [0.25, 0.3) is 0 Å². The van der Waals surface area contributed by atoms with Gasteiger partial charge in [-0.2, -0.15) is 0 Å². The van der Waals surface area contributed by atoms with E-state index in [1.165, 1.54) is 11.1 Å². The van der Waals surface area contributed by atoms with Crippen molar-refractivity contribution in [3.8, 4) is 11.5 Å². The molecule has 0 radical (unpaired) electrons. The van der Waals surface area contributed by atoms with Crippen LogP contribution >= 0.6 is 8.38 Å². The first-order valence-corrected chi connectivity index (χ1v) is 11.2. The van der Waals surface area contributed by atoms with Gasteiger partial charge < -0.3 is 9.05 Å². The molecule has 0 aliphatic heterocycles. The number of benzene rings is 3. The van der Waals surface area contributed by atoms with E-state index in [0.29, 0.717) is 0 Å². The van der Waals surface area contributed by atoms with Gasteiger partial charge in [-0.3, -0.25) is 0 Å². The summed E-state index contributed by atoms with van der Waals surface area (Å²) in [6, 6.07) is 26.7. The molecule has 3 rings (SSSR count). The van der Waals surface area contributed by atoms with E-state index in [4.69, 9.17) is 9.05 Å². The first-order valence-electron chi connectivity index (χ1n) is 10.1. The van der Waals surface area contributed by atoms with Crippen molar-refractivity contribution in [3.05, 3.63) is 90.0 Å². The van der Waals surface area contributed by atoms with Crippen molar-refractivity contribution >= 4 is 13.7 Å². The molecule has 0 fully saturated rings. The molecule has 3 heteroatoms. The number of para-hydroxylation sites is 2. The quantitative estimate of drug-likeness (QED) is 0.412. The van der Waals surface area contributed by atoms with Crippen molar-refractivity contribution in [2.45, 2.75) is 52.4 Å². The Bertz CT molecular complexity index is 877. The minimum atomic E-state index is -1.34. The third-order valence-electron chi connectivity index (χ3n) is 4.72. The van der Waals surface area contributed by atoms with Gasteiger partial charge in [0, 0.05) is 0 Å². The Kier molecular flexibility index (Phi) is 6.34. The predicted molar refractivity (Wildman–Crippen MR) is 125 cm³/mol. The van der Waals surface area contributed by atoms with Gasteiger partial charge in [0.05, 0.1) is 5.30 Å².